The number of rotatable bonds is 10. The fraction of sp³-hybridized carbons (Fsp3) is 0.667. The van der Waals surface area contributed by atoms with E-state index in [0.29, 0.717) is 47.5 Å². The third-order valence-corrected chi connectivity index (χ3v) is 8.13. The van der Waals surface area contributed by atoms with Gasteiger partial charge in [0.15, 0.2) is 0 Å². The minimum Gasteiger partial charge on any atom is -0.356 e. The summed E-state index contributed by atoms with van der Waals surface area (Å²) in [6, 6.07) is 4.95. The maximum Gasteiger partial charge on any atom is 0.224 e. The Morgan fingerprint density at radius 1 is 1.28 bits per heavy atom. The molecule has 0 bridgehead atoms. The molecule has 2 rings (SSSR count). The number of hydrogen-bond acceptors (Lipinski definition) is 3. The van der Waals surface area contributed by atoms with Crippen molar-refractivity contribution in [3.63, 3.8) is 0 Å². The summed E-state index contributed by atoms with van der Waals surface area (Å²) in [7, 11) is -3.61. The van der Waals surface area contributed by atoms with Crippen molar-refractivity contribution in [2.75, 3.05) is 19.6 Å². The smallest absolute Gasteiger partial charge is 0.224 e. The van der Waals surface area contributed by atoms with Crippen LogP contribution in [0.15, 0.2) is 18.2 Å². The van der Waals surface area contributed by atoms with Crippen molar-refractivity contribution in [2.24, 2.45) is 11.8 Å². The lowest BCUT2D eigenvalue weighted by Crippen LogP contribution is -2.46. The van der Waals surface area contributed by atoms with Crippen molar-refractivity contribution in [3.05, 3.63) is 33.8 Å². The standard InChI is InChI=1S/C21H32Cl2N2O3S/c1-3-5-8-16(4-2)13-24-21(26)17-9-7-12-25(14-17)29(27,28)15-18-19(22)10-6-11-20(18)23/h6,10-11,16-17H,3-5,7-9,12-15H2,1-2H3,(H,24,26)/t16-,17-/m1/s1. The minimum absolute atomic E-state index is 0.0457. The summed E-state index contributed by atoms with van der Waals surface area (Å²) in [5, 5.41) is 3.73. The molecular formula is C21H32Cl2N2O3S. The highest BCUT2D eigenvalue weighted by atomic mass is 35.5. The molecule has 1 fully saturated rings. The van der Waals surface area contributed by atoms with Crippen LogP contribution in [-0.4, -0.2) is 38.3 Å². The fourth-order valence-electron chi connectivity index (χ4n) is 3.69. The van der Waals surface area contributed by atoms with E-state index in [1.807, 2.05) is 0 Å². The molecule has 1 N–H and O–H groups in total. The molecule has 1 aliphatic rings. The molecule has 1 amide bonds. The molecule has 29 heavy (non-hydrogen) atoms. The second-order valence-electron chi connectivity index (χ2n) is 7.82. The zero-order valence-electron chi connectivity index (χ0n) is 17.3. The van der Waals surface area contributed by atoms with Crippen molar-refractivity contribution in [3.8, 4) is 0 Å². The van der Waals surface area contributed by atoms with Crippen molar-refractivity contribution < 1.29 is 13.2 Å². The van der Waals surface area contributed by atoms with Crippen LogP contribution in [0.3, 0.4) is 0 Å². The molecule has 1 aliphatic heterocycles. The van der Waals surface area contributed by atoms with Gasteiger partial charge in [-0.25, -0.2) is 12.7 Å². The van der Waals surface area contributed by atoms with Crippen LogP contribution in [0.4, 0.5) is 0 Å². The van der Waals surface area contributed by atoms with Gasteiger partial charge in [0.25, 0.3) is 0 Å². The Kier molecular flexibility index (Phi) is 9.73. The Morgan fingerprint density at radius 2 is 1.97 bits per heavy atom. The van der Waals surface area contributed by atoms with E-state index in [-0.39, 0.29) is 24.1 Å². The molecule has 1 saturated heterocycles. The van der Waals surface area contributed by atoms with E-state index < -0.39 is 10.0 Å². The first kappa shape index (κ1) is 24.4. The first-order valence-corrected chi connectivity index (χ1v) is 12.8. The number of benzene rings is 1. The van der Waals surface area contributed by atoms with Gasteiger partial charge in [0.2, 0.25) is 15.9 Å². The van der Waals surface area contributed by atoms with Crippen molar-refractivity contribution in [2.45, 2.75) is 58.1 Å². The third-order valence-electron chi connectivity index (χ3n) is 5.64. The molecule has 0 unspecified atom stereocenters. The summed E-state index contributed by atoms with van der Waals surface area (Å²) in [5.41, 5.74) is 0.407. The van der Waals surface area contributed by atoms with Crippen LogP contribution in [0, 0.1) is 11.8 Å². The van der Waals surface area contributed by atoms with E-state index in [4.69, 9.17) is 23.2 Å². The Hall–Kier alpha value is -0.820. The van der Waals surface area contributed by atoms with Crippen molar-refractivity contribution in [1.82, 2.24) is 9.62 Å². The largest absolute Gasteiger partial charge is 0.356 e. The predicted octanol–water partition coefficient (Wildman–Crippen LogP) is 4.87. The SMILES string of the molecule is CCCC[C@@H](CC)CNC(=O)[C@@H]1CCCN(S(=O)(=O)Cc2c(Cl)cccc2Cl)C1. The topological polar surface area (TPSA) is 66.5 Å². The van der Waals surface area contributed by atoms with Crippen LogP contribution in [0.2, 0.25) is 10.0 Å². The molecule has 1 aromatic carbocycles. The van der Waals surface area contributed by atoms with Gasteiger partial charge in [-0.1, -0.05) is 62.4 Å². The summed E-state index contributed by atoms with van der Waals surface area (Å²) in [4.78, 5) is 12.7. The lowest BCUT2D eigenvalue weighted by atomic mass is 9.96. The number of carbonyl (C=O) groups excluding carboxylic acids is 1. The molecule has 1 aromatic rings. The van der Waals surface area contributed by atoms with Gasteiger partial charge in [-0.05, 0) is 37.3 Å². The van der Waals surface area contributed by atoms with Crippen LogP contribution in [0.5, 0.6) is 0 Å². The second kappa shape index (κ2) is 11.5. The zero-order chi connectivity index (χ0) is 21.4. The van der Waals surface area contributed by atoms with Crippen molar-refractivity contribution in [1.29, 1.82) is 0 Å². The lowest BCUT2D eigenvalue weighted by molar-refractivity contribution is -0.126. The molecule has 164 valence electrons. The fourth-order valence-corrected chi connectivity index (χ4v) is 6.05. The van der Waals surface area contributed by atoms with Gasteiger partial charge in [0, 0.05) is 35.2 Å². The second-order valence-corrected chi connectivity index (χ2v) is 10.6. The molecule has 8 heteroatoms. The Bertz CT molecular complexity index is 766. The third kappa shape index (κ3) is 7.12. The normalized spacial score (nSPS) is 19.1. The van der Waals surface area contributed by atoms with Gasteiger partial charge in [0.1, 0.15) is 0 Å². The number of piperidine rings is 1. The highest BCUT2D eigenvalue weighted by Crippen LogP contribution is 2.29. The summed E-state index contributed by atoms with van der Waals surface area (Å²) in [5.74, 6) is -0.140. The number of hydrogen-bond donors (Lipinski definition) is 1. The monoisotopic (exact) mass is 462 g/mol. The highest BCUT2D eigenvalue weighted by molar-refractivity contribution is 7.88. The van der Waals surface area contributed by atoms with E-state index >= 15 is 0 Å². The minimum atomic E-state index is -3.61. The molecule has 0 aromatic heterocycles. The molecular weight excluding hydrogens is 431 g/mol. The molecule has 0 saturated carbocycles. The number of nitrogens with one attached hydrogen (secondary N) is 1. The molecule has 0 aliphatic carbocycles. The number of halogens is 2. The summed E-state index contributed by atoms with van der Waals surface area (Å²) in [6.45, 7) is 5.59. The summed E-state index contributed by atoms with van der Waals surface area (Å²) < 4.78 is 27.3. The van der Waals surface area contributed by atoms with Crippen LogP contribution >= 0.6 is 23.2 Å². The first-order valence-electron chi connectivity index (χ1n) is 10.5. The van der Waals surface area contributed by atoms with Gasteiger partial charge >= 0.3 is 0 Å². The van der Waals surface area contributed by atoms with E-state index in [1.54, 1.807) is 18.2 Å². The van der Waals surface area contributed by atoms with Crippen LogP contribution < -0.4 is 5.32 Å². The van der Waals surface area contributed by atoms with Crippen molar-refractivity contribution >= 4 is 39.1 Å². The van der Waals surface area contributed by atoms with Gasteiger partial charge in [-0.3, -0.25) is 4.79 Å². The number of nitrogens with zero attached hydrogens (tertiary/aromatic N) is 1. The van der Waals surface area contributed by atoms with Gasteiger partial charge < -0.3 is 5.32 Å². The molecule has 5 nitrogen and oxygen atoms in total. The van der Waals surface area contributed by atoms with E-state index in [0.717, 1.165) is 25.7 Å². The van der Waals surface area contributed by atoms with E-state index in [2.05, 4.69) is 19.2 Å². The molecule has 0 radical (unpaired) electrons. The maximum absolute atomic E-state index is 12.9. The molecule has 1 heterocycles. The number of sulfonamides is 1. The van der Waals surface area contributed by atoms with Crippen LogP contribution in [0.1, 0.15) is 57.9 Å². The number of carbonyl (C=O) groups is 1. The van der Waals surface area contributed by atoms with Crippen LogP contribution in [0.25, 0.3) is 0 Å². The average Bonchev–Trinajstić information content (AvgIpc) is 2.71. The highest BCUT2D eigenvalue weighted by Gasteiger charge is 2.33. The number of amides is 1. The quantitative estimate of drug-likeness (QED) is 0.539. The average molecular weight is 463 g/mol. The predicted molar refractivity (Wildman–Crippen MR) is 120 cm³/mol. The Balaban J connectivity index is 1.97. The van der Waals surface area contributed by atoms with Gasteiger partial charge in [-0.15, -0.1) is 0 Å². The lowest BCUT2D eigenvalue weighted by Gasteiger charge is -2.31. The Labute approximate surface area is 185 Å². The molecule has 0 spiro atoms. The van der Waals surface area contributed by atoms with E-state index in [9.17, 15) is 13.2 Å². The van der Waals surface area contributed by atoms with E-state index in [1.165, 1.54) is 4.31 Å². The van der Waals surface area contributed by atoms with Crippen LogP contribution in [-0.2, 0) is 20.6 Å². The molecule has 2 atom stereocenters. The summed E-state index contributed by atoms with van der Waals surface area (Å²) >= 11 is 12.3. The first-order chi connectivity index (χ1) is 13.8. The summed E-state index contributed by atoms with van der Waals surface area (Å²) in [6.07, 6.45) is 5.82. The Morgan fingerprint density at radius 3 is 2.59 bits per heavy atom. The van der Waals surface area contributed by atoms with Gasteiger partial charge in [-0.2, -0.15) is 0 Å². The van der Waals surface area contributed by atoms with Gasteiger partial charge in [0.05, 0.1) is 11.7 Å². The zero-order valence-corrected chi connectivity index (χ0v) is 19.6. The number of unbranched alkanes of at least 4 members (excludes halogenated alkanes) is 1. The maximum atomic E-state index is 12.9.